The van der Waals surface area contributed by atoms with Gasteiger partial charge in [-0.25, -0.2) is 0 Å². The van der Waals surface area contributed by atoms with Crippen LogP contribution in [0.4, 0.5) is 0 Å². The van der Waals surface area contributed by atoms with Crippen molar-refractivity contribution in [2.75, 3.05) is 26.8 Å². The molecule has 2 aromatic rings. The highest BCUT2D eigenvalue weighted by Gasteiger charge is 2.50. The molecule has 2 aliphatic carbocycles. The van der Waals surface area contributed by atoms with E-state index in [4.69, 9.17) is 19.2 Å². The van der Waals surface area contributed by atoms with Crippen molar-refractivity contribution in [3.05, 3.63) is 51.6 Å². The molecule has 3 unspecified atom stereocenters. The minimum absolute atomic E-state index is 0.0468. The molecule has 2 aromatic carbocycles. The SMILES string of the molecule is CCCCN(C=N[C@H]1CC(O[C@H]2CC(O)(C(=O)CO)Cc3c(O)c4c(c(O)c32)C(=O)c2c(OC)cccc2C4=O)OC(C)[C@H]1O)CCCC. The largest absolute Gasteiger partial charge is 0.507 e. The Balaban J connectivity index is 1.54. The lowest BCUT2D eigenvalue weighted by molar-refractivity contribution is -0.247. The van der Waals surface area contributed by atoms with Gasteiger partial charge in [0.15, 0.2) is 17.9 Å². The summed E-state index contributed by atoms with van der Waals surface area (Å²) in [7, 11) is 1.34. The summed E-state index contributed by atoms with van der Waals surface area (Å²) in [6.45, 7) is 6.48. The Morgan fingerprint density at radius 2 is 1.76 bits per heavy atom. The van der Waals surface area contributed by atoms with Crippen LogP contribution in [0.15, 0.2) is 23.2 Å². The second-order valence-electron chi connectivity index (χ2n) is 13.1. The number of ether oxygens (including phenoxy) is 3. The van der Waals surface area contributed by atoms with Crippen LogP contribution in [0.1, 0.15) is 108 Å². The zero-order chi connectivity index (χ0) is 35.6. The van der Waals surface area contributed by atoms with Crippen molar-refractivity contribution in [3.63, 3.8) is 0 Å². The summed E-state index contributed by atoms with van der Waals surface area (Å²) in [6, 6.07) is 3.77. The first-order valence-corrected chi connectivity index (χ1v) is 16.9. The van der Waals surface area contributed by atoms with Crippen molar-refractivity contribution in [2.45, 2.75) is 102 Å². The molecular formula is C36H46N2O11. The summed E-state index contributed by atoms with van der Waals surface area (Å²) in [5, 5.41) is 55.6. The highest BCUT2D eigenvalue weighted by molar-refractivity contribution is 6.31. The lowest BCUT2D eigenvalue weighted by Crippen LogP contribution is -2.50. The fraction of sp³-hybridized carbons (Fsp3) is 0.556. The number of unbranched alkanes of at least 4 members (excludes halogenated alkanes) is 2. The van der Waals surface area contributed by atoms with Crippen LogP contribution in [0.25, 0.3) is 0 Å². The number of methoxy groups -OCH3 is 1. The third kappa shape index (κ3) is 6.82. The zero-order valence-electron chi connectivity index (χ0n) is 28.3. The minimum Gasteiger partial charge on any atom is -0.507 e. The predicted molar refractivity (Wildman–Crippen MR) is 177 cm³/mol. The summed E-state index contributed by atoms with van der Waals surface area (Å²) in [4.78, 5) is 47.3. The van der Waals surface area contributed by atoms with Gasteiger partial charge in [0.05, 0.1) is 48.4 Å². The lowest BCUT2D eigenvalue weighted by atomic mass is 9.72. The number of rotatable bonds is 13. The van der Waals surface area contributed by atoms with Crippen LogP contribution in [0.2, 0.25) is 0 Å². The maximum atomic E-state index is 13.9. The number of aliphatic hydroxyl groups is 3. The van der Waals surface area contributed by atoms with Crippen molar-refractivity contribution in [1.82, 2.24) is 4.90 Å². The number of aromatic hydroxyl groups is 2. The van der Waals surface area contributed by atoms with E-state index < -0.39 is 95.7 Å². The average molecular weight is 683 g/mol. The molecule has 13 nitrogen and oxygen atoms in total. The molecular weight excluding hydrogens is 636 g/mol. The van der Waals surface area contributed by atoms with E-state index in [1.54, 1.807) is 13.3 Å². The third-order valence-electron chi connectivity index (χ3n) is 9.75. The van der Waals surface area contributed by atoms with Gasteiger partial charge in [-0.3, -0.25) is 19.4 Å². The van der Waals surface area contributed by atoms with E-state index in [-0.39, 0.29) is 34.4 Å². The first kappa shape index (κ1) is 36.4. The number of aliphatic hydroxyl groups excluding tert-OH is 2. The molecule has 0 spiro atoms. The van der Waals surface area contributed by atoms with Crippen molar-refractivity contribution in [3.8, 4) is 17.2 Å². The Bertz CT molecular complexity index is 1620. The second kappa shape index (κ2) is 14.9. The van der Waals surface area contributed by atoms with Crippen molar-refractivity contribution < 1.29 is 54.1 Å². The number of phenols is 2. The number of carbonyl (C=O) groups excluding carboxylic acids is 3. The molecule has 1 aliphatic heterocycles. The van der Waals surface area contributed by atoms with Gasteiger partial charge in [-0.15, -0.1) is 0 Å². The summed E-state index contributed by atoms with van der Waals surface area (Å²) < 4.78 is 17.6. The molecule has 13 heteroatoms. The van der Waals surface area contributed by atoms with Gasteiger partial charge in [0.25, 0.3) is 0 Å². The Morgan fingerprint density at radius 1 is 1.08 bits per heavy atom. The van der Waals surface area contributed by atoms with Gasteiger partial charge in [0.1, 0.15) is 35.6 Å². The lowest BCUT2D eigenvalue weighted by Gasteiger charge is -2.42. The van der Waals surface area contributed by atoms with Crippen LogP contribution >= 0.6 is 0 Å². The predicted octanol–water partition coefficient (Wildman–Crippen LogP) is 2.97. The van der Waals surface area contributed by atoms with E-state index in [1.165, 1.54) is 25.3 Å². The summed E-state index contributed by atoms with van der Waals surface area (Å²) in [5.41, 5.74) is -3.59. The number of hydrogen-bond acceptors (Lipinski definition) is 12. The Labute approximate surface area is 285 Å². The minimum atomic E-state index is -2.26. The molecule has 0 bridgehead atoms. The van der Waals surface area contributed by atoms with Gasteiger partial charge in [-0.05, 0) is 25.8 Å². The quantitative estimate of drug-likeness (QED) is 0.101. The number of Topliss-reactive ketones (excluding diaryl/α,β-unsaturated/α-hetero) is 1. The molecule has 0 amide bonds. The topological polar surface area (TPSA) is 196 Å². The number of carbonyl (C=O) groups is 3. The highest BCUT2D eigenvalue weighted by Crippen LogP contribution is 2.52. The number of benzene rings is 2. The standard InChI is InChI=1S/C36H46N2O11/c1-5-7-12-38(13-8-6-2)18-37-22-14-26(48-19(3)31(22)41)49-24-16-36(46,25(40)17-39)15-21-28(24)35(45)30-29(33(21)43)32(42)20-10-9-11-23(47-4)27(20)34(30)44/h9-11,18-19,22,24,26,31,39,41,43,45-46H,5-8,12-17H2,1-4H3/t19?,22-,24-,26?,31+,36?/m0/s1. The number of phenolic OH excluding ortho intramolecular Hbond substituents is 2. The monoisotopic (exact) mass is 682 g/mol. The Morgan fingerprint density at radius 3 is 2.39 bits per heavy atom. The van der Waals surface area contributed by atoms with Crippen molar-refractivity contribution >= 4 is 23.7 Å². The van der Waals surface area contributed by atoms with E-state index >= 15 is 0 Å². The van der Waals surface area contributed by atoms with E-state index in [1.807, 2.05) is 0 Å². The number of nitrogens with zero attached hydrogens (tertiary/aromatic N) is 2. The molecule has 49 heavy (non-hydrogen) atoms. The van der Waals surface area contributed by atoms with Crippen LogP contribution in [-0.2, 0) is 20.7 Å². The fourth-order valence-electron chi connectivity index (χ4n) is 6.97. The molecule has 6 atom stereocenters. The zero-order valence-corrected chi connectivity index (χ0v) is 28.3. The van der Waals surface area contributed by atoms with Crippen molar-refractivity contribution in [1.29, 1.82) is 0 Å². The Kier molecular flexibility index (Phi) is 11.1. The molecule has 5 N–H and O–H groups in total. The molecule has 5 rings (SSSR count). The normalized spacial score (nSPS) is 26.3. The second-order valence-corrected chi connectivity index (χ2v) is 13.1. The Hall–Kier alpha value is -3.88. The molecule has 0 saturated carbocycles. The summed E-state index contributed by atoms with van der Waals surface area (Å²) in [6.07, 6.45) is 0.633. The van der Waals surface area contributed by atoms with Crippen molar-refractivity contribution in [2.24, 2.45) is 4.99 Å². The summed E-state index contributed by atoms with van der Waals surface area (Å²) in [5.74, 6) is -3.73. The number of ketones is 3. The maximum Gasteiger partial charge on any atom is 0.202 e. The van der Waals surface area contributed by atoms with E-state index in [9.17, 15) is 39.9 Å². The maximum absolute atomic E-state index is 13.9. The molecule has 1 heterocycles. The highest BCUT2D eigenvalue weighted by atomic mass is 16.7. The van der Waals surface area contributed by atoms with Gasteiger partial charge in [0, 0.05) is 49.0 Å². The number of hydrogen-bond donors (Lipinski definition) is 5. The van der Waals surface area contributed by atoms with E-state index in [2.05, 4.69) is 18.7 Å². The van der Waals surface area contributed by atoms with Crippen LogP contribution in [0.5, 0.6) is 17.2 Å². The van der Waals surface area contributed by atoms with Gasteiger partial charge in [-0.2, -0.15) is 0 Å². The number of fused-ring (bicyclic) bond motifs is 3. The molecule has 0 aromatic heterocycles. The van der Waals surface area contributed by atoms with Crippen LogP contribution in [-0.4, -0.2) is 111 Å². The van der Waals surface area contributed by atoms with E-state index in [0.717, 1.165) is 38.8 Å². The summed E-state index contributed by atoms with van der Waals surface area (Å²) >= 11 is 0. The average Bonchev–Trinajstić information content (AvgIpc) is 3.09. The third-order valence-corrected chi connectivity index (χ3v) is 9.75. The molecule has 1 saturated heterocycles. The molecule has 3 aliphatic rings. The molecule has 0 radical (unpaired) electrons. The molecule has 1 fully saturated rings. The smallest absolute Gasteiger partial charge is 0.202 e. The van der Waals surface area contributed by atoms with Gasteiger partial charge >= 0.3 is 0 Å². The van der Waals surface area contributed by atoms with Gasteiger partial charge < -0.3 is 44.6 Å². The molecule has 266 valence electrons. The van der Waals surface area contributed by atoms with Crippen LogP contribution in [0, 0.1) is 0 Å². The van der Waals surface area contributed by atoms with Gasteiger partial charge in [-0.1, -0.05) is 38.8 Å². The van der Waals surface area contributed by atoms with Crippen LogP contribution < -0.4 is 4.74 Å². The first-order chi connectivity index (χ1) is 23.4. The van der Waals surface area contributed by atoms with Gasteiger partial charge in [0.2, 0.25) is 5.78 Å². The fourth-order valence-corrected chi connectivity index (χ4v) is 6.97. The number of aliphatic imine (C=N–C) groups is 1. The first-order valence-electron chi connectivity index (χ1n) is 16.9. The van der Waals surface area contributed by atoms with E-state index in [0.29, 0.717) is 0 Å². The van der Waals surface area contributed by atoms with Crippen LogP contribution in [0.3, 0.4) is 0 Å².